The Bertz CT molecular complexity index is 339. The summed E-state index contributed by atoms with van der Waals surface area (Å²) in [6, 6.07) is 5.16. The molecule has 1 fully saturated rings. The fourth-order valence-electron chi connectivity index (χ4n) is 1.46. The fourth-order valence-corrected chi connectivity index (χ4v) is 2.52. The standard InChI is InChI=1S/C11H14FNOS/c1-8-6-9(2-3-10(8)12)15-11-7-13-4-5-14-11/h2-3,6,11,13H,4-5,7H2,1H3. The molecule has 0 radical (unpaired) electrons. The fraction of sp³-hybridized carbons (Fsp3) is 0.455. The van der Waals surface area contributed by atoms with Crippen LogP contribution in [0.2, 0.25) is 0 Å². The third-order valence-corrected chi connectivity index (χ3v) is 3.38. The van der Waals surface area contributed by atoms with Gasteiger partial charge in [0.2, 0.25) is 0 Å². The Hall–Kier alpha value is -0.580. The number of aryl methyl sites for hydroxylation is 1. The molecule has 0 saturated carbocycles. The van der Waals surface area contributed by atoms with Crippen molar-refractivity contribution in [2.45, 2.75) is 17.3 Å². The van der Waals surface area contributed by atoms with Crippen molar-refractivity contribution in [1.29, 1.82) is 0 Å². The number of morpholine rings is 1. The van der Waals surface area contributed by atoms with E-state index in [1.807, 2.05) is 6.07 Å². The van der Waals surface area contributed by atoms with Crippen molar-refractivity contribution < 1.29 is 9.13 Å². The minimum Gasteiger partial charge on any atom is -0.365 e. The van der Waals surface area contributed by atoms with Crippen LogP contribution in [0.25, 0.3) is 0 Å². The lowest BCUT2D eigenvalue weighted by atomic mass is 10.2. The predicted molar refractivity (Wildman–Crippen MR) is 59.6 cm³/mol. The van der Waals surface area contributed by atoms with Gasteiger partial charge in [-0.15, -0.1) is 0 Å². The highest BCUT2D eigenvalue weighted by molar-refractivity contribution is 7.99. The average Bonchev–Trinajstić information content (AvgIpc) is 2.25. The zero-order valence-corrected chi connectivity index (χ0v) is 9.44. The monoisotopic (exact) mass is 227 g/mol. The number of hydrogen-bond donors (Lipinski definition) is 1. The number of thioether (sulfide) groups is 1. The first-order chi connectivity index (χ1) is 7.25. The quantitative estimate of drug-likeness (QED) is 0.836. The van der Waals surface area contributed by atoms with Gasteiger partial charge in [-0.25, -0.2) is 4.39 Å². The molecule has 0 spiro atoms. The van der Waals surface area contributed by atoms with Crippen molar-refractivity contribution in [1.82, 2.24) is 5.32 Å². The molecule has 15 heavy (non-hydrogen) atoms. The van der Waals surface area contributed by atoms with Crippen LogP contribution in [-0.4, -0.2) is 25.1 Å². The second-order valence-electron chi connectivity index (χ2n) is 3.53. The summed E-state index contributed by atoms with van der Waals surface area (Å²) in [5, 5.41) is 3.26. The van der Waals surface area contributed by atoms with Crippen molar-refractivity contribution in [2.24, 2.45) is 0 Å². The average molecular weight is 227 g/mol. The van der Waals surface area contributed by atoms with Gasteiger partial charge in [-0.1, -0.05) is 11.8 Å². The molecular weight excluding hydrogens is 213 g/mol. The van der Waals surface area contributed by atoms with E-state index in [0.717, 1.165) is 24.6 Å². The van der Waals surface area contributed by atoms with Crippen LogP contribution in [0.4, 0.5) is 4.39 Å². The van der Waals surface area contributed by atoms with E-state index in [1.165, 1.54) is 6.07 Å². The molecule has 1 heterocycles. The van der Waals surface area contributed by atoms with Gasteiger partial charge < -0.3 is 10.1 Å². The van der Waals surface area contributed by atoms with Gasteiger partial charge in [0.05, 0.1) is 6.61 Å². The lowest BCUT2D eigenvalue weighted by Gasteiger charge is -2.23. The second-order valence-corrected chi connectivity index (χ2v) is 4.77. The summed E-state index contributed by atoms with van der Waals surface area (Å²) >= 11 is 1.64. The van der Waals surface area contributed by atoms with Gasteiger partial charge in [0, 0.05) is 18.0 Å². The van der Waals surface area contributed by atoms with Crippen LogP contribution in [0.5, 0.6) is 0 Å². The maximum Gasteiger partial charge on any atom is 0.126 e. The molecule has 1 aromatic carbocycles. The Kier molecular flexibility index (Phi) is 3.61. The third-order valence-electron chi connectivity index (χ3n) is 2.29. The molecule has 1 aliphatic rings. The maximum absolute atomic E-state index is 13.0. The molecule has 1 saturated heterocycles. The van der Waals surface area contributed by atoms with E-state index in [0.29, 0.717) is 5.56 Å². The van der Waals surface area contributed by atoms with Gasteiger partial charge in [-0.3, -0.25) is 0 Å². The maximum atomic E-state index is 13.0. The van der Waals surface area contributed by atoms with Crippen LogP contribution in [0, 0.1) is 12.7 Å². The highest BCUT2D eigenvalue weighted by Gasteiger charge is 2.14. The van der Waals surface area contributed by atoms with Crippen LogP contribution >= 0.6 is 11.8 Å². The molecule has 0 amide bonds. The largest absolute Gasteiger partial charge is 0.365 e. The summed E-state index contributed by atoms with van der Waals surface area (Å²) < 4.78 is 18.6. The van der Waals surface area contributed by atoms with Crippen molar-refractivity contribution >= 4 is 11.8 Å². The van der Waals surface area contributed by atoms with Crippen molar-refractivity contribution in [3.8, 4) is 0 Å². The molecule has 0 aliphatic carbocycles. The first-order valence-corrected chi connectivity index (χ1v) is 5.89. The zero-order valence-electron chi connectivity index (χ0n) is 8.63. The van der Waals surface area contributed by atoms with E-state index in [1.54, 1.807) is 24.8 Å². The molecule has 0 aromatic heterocycles. The van der Waals surface area contributed by atoms with Gasteiger partial charge in [0.15, 0.2) is 0 Å². The van der Waals surface area contributed by atoms with Crippen LogP contribution < -0.4 is 5.32 Å². The highest BCUT2D eigenvalue weighted by atomic mass is 32.2. The van der Waals surface area contributed by atoms with Gasteiger partial charge >= 0.3 is 0 Å². The Balaban J connectivity index is 2.00. The molecule has 1 aromatic rings. The molecule has 1 aliphatic heterocycles. The molecular formula is C11H14FNOS. The number of nitrogens with one attached hydrogen (secondary N) is 1. The number of hydrogen-bond acceptors (Lipinski definition) is 3. The number of rotatable bonds is 2. The Morgan fingerprint density at radius 3 is 3.07 bits per heavy atom. The van der Waals surface area contributed by atoms with E-state index in [-0.39, 0.29) is 11.3 Å². The van der Waals surface area contributed by atoms with E-state index in [4.69, 9.17) is 4.74 Å². The van der Waals surface area contributed by atoms with E-state index in [9.17, 15) is 4.39 Å². The summed E-state index contributed by atoms with van der Waals surface area (Å²) in [5.74, 6) is -0.151. The molecule has 4 heteroatoms. The van der Waals surface area contributed by atoms with Crippen molar-refractivity contribution in [2.75, 3.05) is 19.7 Å². The number of ether oxygens (including phenoxy) is 1. The zero-order chi connectivity index (χ0) is 10.7. The van der Waals surface area contributed by atoms with Crippen LogP contribution in [0.1, 0.15) is 5.56 Å². The minimum absolute atomic E-state index is 0.142. The Morgan fingerprint density at radius 1 is 1.53 bits per heavy atom. The third kappa shape index (κ3) is 2.93. The minimum atomic E-state index is -0.151. The van der Waals surface area contributed by atoms with Gasteiger partial charge in [0.1, 0.15) is 11.3 Å². The highest BCUT2D eigenvalue weighted by Crippen LogP contribution is 2.26. The molecule has 0 bridgehead atoms. The van der Waals surface area contributed by atoms with Crippen molar-refractivity contribution in [3.63, 3.8) is 0 Å². The topological polar surface area (TPSA) is 21.3 Å². The number of halogens is 1. The molecule has 2 rings (SSSR count). The van der Waals surface area contributed by atoms with Gasteiger partial charge in [0.25, 0.3) is 0 Å². The summed E-state index contributed by atoms with van der Waals surface area (Å²) in [5.41, 5.74) is 0.826. The normalized spacial score (nSPS) is 21.6. The van der Waals surface area contributed by atoms with Crippen LogP contribution in [-0.2, 0) is 4.74 Å². The SMILES string of the molecule is Cc1cc(SC2CNCCO2)ccc1F. The summed E-state index contributed by atoms with van der Waals surface area (Å²) in [7, 11) is 0. The van der Waals surface area contributed by atoms with Crippen molar-refractivity contribution in [3.05, 3.63) is 29.6 Å². The Morgan fingerprint density at radius 2 is 2.40 bits per heavy atom. The lowest BCUT2D eigenvalue weighted by Crippen LogP contribution is -2.36. The Labute approximate surface area is 93.2 Å². The van der Waals surface area contributed by atoms with E-state index < -0.39 is 0 Å². The van der Waals surface area contributed by atoms with E-state index in [2.05, 4.69) is 5.32 Å². The molecule has 2 nitrogen and oxygen atoms in total. The second kappa shape index (κ2) is 4.96. The molecule has 1 unspecified atom stereocenters. The molecule has 1 atom stereocenters. The lowest BCUT2D eigenvalue weighted by molar-refractivity contribution is 0.0853. The summed E-state index contributed by atoms with van der Waals surface area (Å²) in [6.45, 7) is 4.29. The van der Waals surface area contributed by atoms with Gasteiger partial charge in [-0.05, 0) is 30.7 Å². The van der Waals surface area contributed by atoms with Crippen LogP contribution in [0.15, 0.2) is 23.1 Å². The smallest absolute Gasteiger partial charge is 0.126 e. The van der Waals surface area contributed by atoms with Crippen LogP contribution in [0.3, 0.4) is 0 Å². The summed E-state index contributed by atoms with van der Waals surface area (Å²) in [6.07, 6.45) is 0. The van der Waals surface area contributed by atoms with Gasteiger partial charge in [-0.2, -0.15) is 0 Å². The molecule has 82 valence electrons. The number of benzene rings is 1. The predicted octanol–water partition coefficient (Wildman–Crippen LogP) is 2.17. The van der Waals surface area contributed by atoms with E-state index >= 15 is 0 Å². The first-order valence-electron chi connectivity index (χ1n) is 5.01. The summed E-state index contributed by atoms with van der Waals surface area (Å²) in [4.78, 5) is 1.06. The first kappa shape index (κ1) is 10.9. The molecule has 1 N–H and O–H groups in total.